The molecule has 1 saturated heterocycles. The summed E-state index contributed by atoms with van der Waals surface area (Å²) in [4.78, 5) is 4.58. The summed E-state index contributed by atoms with van der Waals surface area (Å²) in [5, 5.41) is 6.79. The number of rotatable bonds is 6. The van der Waals surface area contributed by atoms with Gasteiger partial charge in [-0.1, -0.05) is 23.7 Å². The van der Waals surface area contributed by atoms with Crippen LogP contribution in [0.25, 0.3) is 0 Å². The fraction of sp³-hybridized carbons (Fsp3) is 0.478. The highest BCUT2D eigenvalue weighted by atomic mass is 35.5. The van der Waals surface area contributed by atoms with Gasteiger partial charge in [0.25, 0.3) is 5.92 Å². The lowest BCUT2D eigenvalue weighted by atomic mass is 9.89. The lowest BCUT2D eigenvalue weighted by Gasteiger charge is -2.36. The molecule has 2 heterocycles. The second kappa shape index (κ2) is 10.2. The second-order valence-electron chi connectivity index (χ2n) is 7.99. The standard InChI is InChI=1S/C21H25ClF2N2.C2H4N2/c22-19-3-1-16(2-4-19)17-5-13-26(14-6-17)20-8-11-25(12-9-20)10-7-18-15-21(18,23)24;1-3-4-2/h1-4,8-9,11,17-18H,5-7,10,12-15H2;1-2H2. The zero-order valence-corrected chi connectivity index (χ0v) is 17.9. The highest BCUT2D eigenvalue weighted by Crippen LogP contribution is 2.50. The third-order valence-electron chi connectivity index (χ3n) is 6.01. The van der Waals surface area contributed by atoms with Gasteiger partial charge in [0.2, 0.25) is 0 Å². The molecule has 162 valence electrons. The monoisotopic (exact) mass is 434 g/mol. The molecule has 2 fully saturated rings. The van der Waals surface area contributed by atoms with Crippen LogP contribution < -0.4 is 0 Å². The number of halogens is 3. The van der Waals surface area contributed by atoms with Crippen LogP contribution in [0.5, 0.6) is 0 Å². The van der Waals surface area contributed by atoms with Crippen molar-refractivity contribution in [3.05, 3.63) is 58.9 Å². The molecular formula is C23H29ClF2N4. The van der Waals surface area contributed by atoms with Gasteiger partial charge in [-0.05, 0) is 55.0 Å². The molecule has 0 bridgehead atoms. The Labute approximate surface area is 182 Å². The molecule has 1 saturated carbocycles. The summed E-state index contributed by atoms with van der Waals surface area (Å²) >= 11 is 5.98. The lowest BCUT2D eigenvalue weighted by molar-refractivity contribution is 0.0953. The van der Waals surface area contributed by atoms with Crippen molar-refractivity contribution in [2.45, 2.75) is 37.5 Å². The molecule has 3 aliphatic rings. The van der Waals surface area contributed by atoms with E-state index in [0.29, 0.717) is 12.3 Å². The van der Waals surface area contributed by atoms with Crippen molar-refractivity contribution in [2.75, 3.05) is 26.2 Å². The van der Waals surface area contributed by atoms with Gasteiger partial charge in [-0.15, -0.1) is 0 Å². The van der Waals surface area contributed by atoms with E-state index in [1.807, 2.05) is 12.1 Å². The lowest BCUT2D eigenvalue weighted by Crippen LogP contribution is -2.34. The molecule has 4 rings (SSSR count). The van der Waals surface area contributed by atoms with E-state index in [2.05, 4.69) is 63.9 Å². The van der Waals surface area contributed by atoms with E-state index in [1.165, 1.54) is 11.3 Å². The van der Waals surface area contributed by atoms with Crippen molar-refractivity contribution >= 4 is 25.0 Å². The van der Waals surface area contributed by atoms with E-state index in [1.54, 1.807) is 0 Å². The average molecular weight is 435 g/mol. The number of likely N-dealkylation sites (tertiary alicyclic amines) is 1. The number of allylic oxidation sites excluding steroid dienone is 1. The predicted molar refractivity (Wildman–Crippen MR) is 121 cm³/mol. The van der Waals surface area contributed by atoms with Crippen molar-refractivity contribution < 1.29 is 8.78 Å². The first kappa shape index (κ1) is 22.5. The Morgan fingerprint density at radius 2 is 1.73 bits per heavy atom. The van der Waals surface area contributed by atoms with Crippen LogP contribution in [-0.4, -0.2) is 55.3 Å². The first-order valence-corrected chi connectivity index (χ1v) is 10.7. The van der Waals surface area contributed by atoms with Crippen molar-refractivity contribution in [3.63, 3.8) is 0 Å². The summed E-state index contributed by atoms with van der Waals surface area (Å²) in [6.45, 7) is 9.65. The van der Waals surface area contributed by atoms with Crippen LogP contribution in [-0.2, 0) is 0 Å². The van der Waals surface area contributed by atoms with E-state index in [9.17, 15) is 8.78 Å². The SMILES string of the molecule is C=NN=C.FC1(F)CC1CCN1C=CC(N2CCC(c3ccc(Cl)cc3)CC2)=CC1. The maximum absolute atomic E-state index is 13.0. The molecule has 0 aromatic heterocycles. The predicted octanol–water partition coefficient (Wildman–Crippen LogP) is 5.58. The van der Waals surface area contributed by atoms with Gasteiger partial charge in [-0.2, -0.15) is 10.2 Å². The Bertz CT molecular complexity index is 777. The Morgan fingerprint density at radius 3 is 2.23 bits per heavy atom. The molecule has 2 aliphatic heterocycles. The van der Waals surface area contributed by atoms with Crippen LogP contribution in [0.4, 0.5) is 8.78 Å². The molecule has 1 aromatic carbocycles. The summed E-state index contributed by atoms with van der Waals surface area (Å²) < 4.78 is 25.9. The van der Waals surface area contributed by atoms with E-state index in [4.69, 9.17) is 11.6 Å². The first-order valence-electron chi connectivity index (χ1n) is 10.4. The van der Waals surface area contributed by atoms with Crippen molar-refractivity contribution in [1.29, 1.82) is 0 Å². The summed E-state index contributed by atoms with van der Waals surface area (Å²) in [5.41, 5.74) is 2.65. The van der Waals surface area contributed by atoms with Gasteiger partial charge < -0.3 is 9.80 Å². The molecule has 1 unspecified atom stereocenters. The summed E-state index contributed by atoms with van der Waals surface area (Å²) in [6.07, 6.45) is 9.40. The number of hydrogen-bond donors (Lipinski definition) is 0. The highest BCUT2D eigenvalue weighted by Gasteiger charge is 2.56. The molecule has 1 atom stereocenters. The van der Waals surface area contributed by atoms with Crippen LogP contribution in [0.3, 0.4) is 0 Å². The highest BCUT2D eigenvalue weighted by molar-refractivity contribution is 6.30. The number of hydrogen-bond acceptors (Lipinski definition) is 4. The molecule has 1 aliphatic carbocycles. The minimum absolute atomic E-state index is 0.0776. The van der Waals surface area contributed by atoms with Crippen LogP contribution >= 0.6 is 11.6 Å². The molecule has 0 spiro atoms. The van der Waals surface area contributed by atoms with Gasteiger partial charge in [0.05, 0.1) is 0 Å². The number of piperidine rings is 1. The Kier molecular flexibility index (Phi) is 7.64. The molecule has 1 aromatic rings. The van der Waals surface area contributed by atoms with Gasteiger partial charge in [-0.3, -0.25) is 0 Å². The maximum atomic E-state index is 13.0. The van der Waals surface area contributed by atoms with Gasteiger partial charge >= 0.3 is 0 Å². The quantitative estimate of drug-likeness (QED) is 0.432. The third-order valence-corrected chi connectivity index (χ3v) is 6.27. The second-order valence-corrected chi connectivity index (χ2v) is 8.42. The zero-order chi connectivity index (χ0) is 21.6. The Hall–Kier alpha value is -2.21. The Morgan fingerprint density at radius 1 is 1.10 bits per heavy atom. The Balaban J connectivity index is 0.000000589. The van der Waals surface area contributed by atoms with Crippen LogP contribution in [0.1, 0.15) is 37.2 Å². The number of nitrogens with zero attached hydrogens (tertiary/aromatic N) is 4. The van der Waals surface area contributed by atoms with E-state index < -0.39 is 11.8 Å². The summed E-state index contributed by atoms with van der Waals surface area (Å²) in [7, 11) is 0. The smallest absolute Gasteiger partial charge is 0.251 e. The maximum Gasteiger partial charge on any atom is 0.251 e. The van der Waals surface area contributed by atoms with Crippen molar-refractivity contribution in [2.24, 2.45) is 16.1 Å². The summed E-state index contributed by atoms with van der Waals surface area (Å²) in [5.74, 6) is -2.18. The van der Waals surface area contributed by atoms with Crippen molar-refractivity contribution in [3.8, 4) is 0 Å². The zero-order valence-electron chi connectivity index (χ0n) is 17.2. The minimum atomic E-state index is -2.39. The van der Waals surface area contributed by atoms with E-state index in [0.717, 1.165) is 44.0 Å². The molecule has 0 N–H and O–H groups in total. The van der Waals surface area contributed by atoms with E-state index in [-0.39, 0.29) is 6.42 Å². The topological polar surface area (TPSA) is 31.2 Å². The van der Waals surface area contributed by atoms with Gasteiger partial charge in [-0.25, -0.2) is 8.78 Å². The van der Waals surface area contributed by atoms with Gasteiger partial charge in [0.1, 0.15) is 0 Å². The van der Waals surface area contributed by atoms with Crippen LogP contribution in [0, 0.1) is 5.92 Å². The van der Waals surface area contributed by atoms with Gasteiger partial charge in [0, 0.05) is 68.9 Å². The number of alkyl halides is 2. The third kappa shape index (κ3) is 6.14. The molecule has 0 radical (unpaired) electrons. The molecule has 7 heteroatoms. The molecule has 0 amide bonds. The largest absolute Gasteiger partial charge is 0.373 e. The van der Waals surface area contributed by atoms with Crippen LogP contribution in [0.2, 0.25) is 5.02 Å². The fourth-order valence-electron chi connectivity index (χ4n) is 4.03. The first-order chi connectivity index (χ1) is 14.4. The molecule has 4 nitrogen and oxygen atoms in total. The van der Waals surface area contributed by atoms with E-state index >= 15 is 0 Å². The normalized spacial score (nSPS) is 22.6. The van der Waals surface area contributed by atoms with Crippen LogP contribution in [0.15, 0.2) is 58.5 Å². The van der Waals surface area contributed by atoms with Crippen molar-refractivity contribution in [1.82, 2.24) is 9.80 Å². The summed E-state index contributed by atoms with van der Waals surface area (Å²) in [6, 6.07) is 8.23. The number of benzene rings is 1. The molecular weight excluding hydrogens is 406 g/mol. The van der Waals surface area contributed by atoms with Gasteiger partial charge in [0.15, 0.2) is 0 Å². The average Bonchev–Trinajstić information content (AvgIpc) is 3.40. The fourth-order valence-corrected chi connectivity index (χ4v) is 4.16. The molecule has 30 heavy (non-hydrogen) atoms. The minimum Gasteiger partial charge on any atom is -0.373 e.